The number of hydrogen-bond acceptors (Lipinski definition) is 2. The fourth-order valence-electron chi connectivity index (χ4n) is 1.99. The second kappa shape index (κ2) is 5.66. The third-order valence-electron chi connectivity index (χ3n) is 3.03. The molecule has 0 fully saturated rings. The molecule has 0 saturated heterocycles. The number of benzene rings is 2. The molecule has 1 aliphatic heterocycles. The van der Waals surface area contributed by atoms with Crippen LogP contribution in [-0.2, 0) is 4.79 Å². The summed E-state index contributed by atoms with van der Waals surface area (Å²) in [7, 11) is 0. The Morgan fingerprint density at radius 1 is 1.10 bits per heavy atom. The first-order valence-electron chi connectivity index (χ1n) is 6.22. The fraction of sp³-hybridized carbons (Fsp3) is 0.0625. The summed E-state index contributed by atoms with van der Waals surface area (Å²) < 4.78 is 6.72. The smallest absolute Gasteiger partial charge is 0.255 e. The number of hydrogen-bond donors (Lipinski definition) is 1. The minimum atomic E-state index is -0.124. The van der Waals surface area contributed by atoms with Gasteiger partial charge in [0.05, 0.1) is 5.57 Å². The molecule has 4 heteroatoms. The lowest BCUT2D eigenvalue weighted by atomic mass is 10.1. The van der Waals surface area contributed by atoms with Crippen LogP contribution in [-0.4, -0.2) is 12.5 Å². The average Bonchev–Trinajstić information content (AvgIpc) is 2.49. The van der Waals surface area contributed by atoms with Crippen molar-refractivity contribution < 1.29 is 9.53 Å². The number of anilines is 1. The SMILES string of the molecule is O=C(Nc1ccc(I)cc1)C1=Cc2ccccc2OC1. The van der Waals surface area contributed by atoms with E-state index in [1.807, 2.05) is 54.6 Å². The maximum atomic E-state index is 12.2. The van der Waals surface area contributed by atoms with Crippen molar-refractivity contribution in [3.63, 3.8) is 0 Å². The number of para-hydroxylation sites is 1. The standard InChI is InChI=1S/C16H12INO2/c17-13-5-7-14(8-6-13)18-16(19)12-9-11-3-1-2-4-15(11)20-10-12/h1-9H,10H2,(H,18,19). The molecule has 0 spiro atoms. The van der Waals surface area contributed by atoms with E-state index in [2.05, 4.69) is 27.9 Å². The molecule has 20 heavy (non-hydrogen) atoms. The van der Waals surface area contributed by atoms with E-state index in [0.717, 1.165) is 20.6 Å². The summed E-state index contributed by atoms with van der Waals surface area (Å²) in [5.74, 6) is 0.694. The summed E-state index contributed by atoms with van der Waals surface area (Å²) >= 11 is 2.23. The van der Waals surface area contributed by atoms with Crippen molar-refractivity contribution in [2.24, 2.45) is 0 Å². The van der Waals surface area contributed by atoms with Gasteiger partial charge >= 0.3 is 0 Å². The second-order valence-corrected chi connectivity index (χ2v) is 5.70. The lowest BCUT2D eigenvalue weighted by molar-refractivity contribution is -0.113. The van der Waals surface area contributed by atoms with Crippen LogP contribution in [0.1, 0.15) is 5.56 Å². The predicted molar refractivity (Wildman–Crippen MR) is 87.7 cm³/mol. The van der Waals surface area contributed by atoms with Gasteiger partial charge in [-0.05, 0) is 59.0 Å². The van der Waals surface area contributed by atoms with E-state index < -0.39 is 0 Å². The Labute approximate surface area is 130 Å². The molecule has 0 aromatic heterocycles. The van der Waals surface area contributed by atoms with Gasteiger partial charge in [-0.25, -0.2) is 0 Å². The minimum Gasteiger partial charge on any atom is -0.488 e. The number of ether oxygens (including phenoxy) is 1. The summed E-state index contributed by atoms with van der Waals surface area (Å²) in [6.07, 6.45) is 1.88. The highest BCUT2D eigenvalue weighted by molar-refractivity contribution is 14.1. The molecule has 100 valence electrons. The van der Waals surface area contributed by atoms with Gasteiger partial charge in [0.15, 0.2) is 0 Å². The molecule has 0 radical (unpaired) electrons. The number of carbonyl (C=O) groups excluding carboxylic acids is 1. The monoisotopic (exact) mass is 377 g/mol. The first kappa shape index (κ1) is 13.2. The zero-order valence-electron chi connectivity index (χ0n) is 10.6. The topological polar surface area (TPSA) is 38.3 Å². The van der Waals surface area contributed by atoms with Crippen molar-refractivity contribution >= 4 is 40.3 Å². The maximum Gasteiger partial charge on any atom is 0.255 e. The molecule has 1 amide bonds. The lowest BCUT2D eigenvalue weighted by Crippen LogP contribution is -2.21. The van der Waals surface area contributed by atoms with Crippen molar-refractivity contribution in [3.8, 4) is 5.75 Å². The highest BCUT2D eigenvalue weighted by atomic mass is 127. The zero-order chi connectivity index (χ0) is 13.9. The van der Waals surface area contributed by atoms with Gasteiger partial charge in [0.1, 0.15) is 12.4 Å². The van der Waals surface area contributed by atoms with Gasteiger partial charge in [0.25, 0.3) is 5.91 Å². The van der Waals surface area contributed by atoms with Crippen molar-refractivity contribution in [1.29, 1.82) is 0 Å². The molecule has 0 atom stereocenters. The summed E-state index contributed by atoms with van der Waals surface area (Å²) in [6.45, 7) is 0.299. The van der Waals surface area contributed by atoms with Crippen molar-refractivity contribution in [2.45, 2.75) is 0 Å². The molecule has 3 nitrogen and oxygen atoms in total. The number of rotatable bonds is 2. The molecule has 2 aromatic carbocycles. The van der Waals surface area contributed by atoms with Crippen LogP contribution in [0.2, 0.25) is 0 Å². The Kier molecular flexibility index (Phi) is 3.73. The van der Waals surface area contributed by atoms with Crippen LogP contribution in [0, 0.1) is 3.57 Å². The van der Waals surface area contributed by atoms with E-state index in [-0.39, 0.29) is 5.91 Å². The van der Waals surface area contributed by atoms with Crippen molar-refractivity contribution in [3.05, 3.63) is 63.2 Å². The highest BCUT2D eigenvalue weighted by Crippen LogP contribution is 2.26. The first-order chi connectivity index (χ1) is 9.72. The Bertz CT molecular complexity index is 677. The summed E-state index contributed by atoms with van der Waals surface area (Å²) in [5, 5.41) is 2.88. The van der Waals surface area contributed by atoms with E-state index in [0.29, 0.717) is 12.2 Å². The van der Waals surface area contributed by atoms with Crippen molar-refractivity contribution in [1.82, 2.24) is 0 Å². The number of amides is 1. The van der Waals surface area contributed by atoms with Crippen LogP contribution in [0.3, 0.4) is 0 Å². The number of fused-ring (bicyclic) bond motifs is 1. The van der Waals surface area contributed by atoms with E-state index in [9.17, 15) is 4.79 Å². The van der Waals surface area contributed by atoms with Crippen LogP contribution in [0.5, 0.6) is 5.75 Å². The number of halogens is 1. The fourth-order valence-corrected chi connectivity index (χ4v) is 2.35. The van der Waals surface area contributed by atoms with Crippen molar-refractivity contribution in [2.75, 3.05) is 11.9 Å². The Morgan fingerprint density at radius 3 is 2.65 bits per heavy atom. The molecule has 2 aromatic rings. The van der Waals surface area contributed by atoms with Crippen LogP contribution in [0.4, 0.5) is 5.69 Å². The normalized spacial score (nSPS) is 12.9. The Morgan fingerprint density at radius 2 is 1.85 bits per heavy atom. The first-order valence-corrected chi connectivity index (χ1v) is 7.29. The molecular weight excluding hydrogens is 365 g/mol. The van der Waals surface area contributed by atoms with E-state index in [4.69, 9.17) is 4.74 Å². The van der Waals surface area contributed by atoms with Crippen LogP contribution in [0.25, 0.3) is 6.08 Å². The molecule has 0 unspecified atom stereocenters. The molecule has 1 N–H and O–H groups in total. The summed E-state index contributed by atoms with van der Waals surface area (Å²) in [4.78, 5) is 12.2. The number of carbonyl (C=O) groups is 1. The maximum absolute atomic E-state index is 12.2. The van der Waals surface area contributed by atoms with Gasteiger partial charge in [-0.2, -0.15) is 0 Å². The molecular formula is C16H12INO2. The third-order valence-corrected chi connectivity index (χ3v) is 3.74. The Hall–Kier alpha value is -1.82. The molecule has 0 aliphatic carbocycles. The van der Waals surface area contributed by atoms with Crippen LogP contribution >= 0.6 is 22.6 Å². The molecule has 0 saturated carbocycles. The van der Waals surface area contributed by atoms with Crippen LogP contribution in [0.15, 0.2) is 54.1 Å². The lowest BCUT2D eigenvalue weighted by Gasteiger charge is -2.17. The molecule has 1 heterocycles. The molecule has 3 rings (SSSR count). The van der Waals surface area contributed by atoms with Gasteiger partial charge in [-0.1, -0.05) is 18.2 Å². The minimum absolute atomic E-state index is 0.124. The van der Waals surface area contributed by atoms with E-state index >= 15 is 0 Å². The molecule has 1 aliphatic rings. The molecule has 0 bridgehead atoms. The third kappa shape index (κ3) is 2.85. The number of nitrogens with one attached hydrogen (secondary N) is 1. The van der Waals surface area contributed by atoms with Gasteiger partial charge in [-0.15, -0.1) is 0 Å². The van der Waals surface area contributed by atoms with Gasteiger partial charge in [-0.3, -0.25) is 4.79 Å². The second-order valence-electron chi connectivity index (χ2n) is 4.46. The summed E-state index contributed by atoms with van der Waals surface area (Å²) in [6, 6.07) is 15.4. The summed E-state index contributed by atoms with van der Waals surface area (Å²) in [5.41, 5.74) is 2.35. The predicted octanol–water partition coefficient (Wildman–Crippen LogP) is 3.71. The zero-order valence-corrected chi connectivity index (χ0v) is 12.8. The Balaban J connectivity index is 1.78. The largest absolute Gasteiger partial charge is 0.488 e. The average molecular weight is 377 g/mol. The van der Waals surface area contributed by atoms with E-state index in [1.54, 1.807) is 0 Å². The van der Waals surface area contributed by atoms with E-state index in [1.165, 1.54) is 0 Å². The van der Waals surface area contributed by atoms with Gasteiger partial charge in [0.2, 0.25) is 0 Å². The van der Waals surface area contributed by atoms with Crippen LogP contribution < -0.4 is 10.1 Å². The van der Waals surface area contributed by atoms with Gasteiger partial charge < -0.3 is 10.1 Å². The van der Waals surface area contributed by atoms with Gasteiger partial charge in [0, 0.05) is 14.8 Å². The quantitative estimate of drug-likeness (QED) is 0.811. The highest BCUT2D eigenvalue weighted by Gasteiger charge is 2.16.